The zero-order valence-electron chi connectivity index (χ0n) is 39.2. The van der Waals surface area contributed by atoms with E-state index in [0.717, 1.165) is 41.9 Å². The predicted octanol–water partition coefficient (Wildman–Crippen LogP) is 6.05. The van der Waals surface area contributed by atoms with Crippen LogP contribution < -0.4 is 30.6 Å². The van der Waals surface area contributed by atoms with Gasteiger partial charge in [-0.1, -0.05) is 41.1 Å². The monoisotopic (exact) mass is 1000 g/mol. The number of nitrogen functional groups attached to an aromatic ring is 1. The first-order valence-corrected chi connectivity index (χ1v) is 24.0. The first-order chi connectivity index (χ1) is 34.8. The fraction of sp³-hybridized carbons (Fsp3) is 0.353. The van der Waals surface area contributed by atoms with Gasteiger partial charge in [0.1, 0.15) is 23.1 Å². The van der Waals surface area contributed by atoms with Crippen LogP contribution in [0.3, 0.4) is 0 Å². The Hall–Kier alpha value is -7.26. The molecule has 3 amide bonds. The van der Waals surface area contributed by atoms with E-state index in [2.05, 4.69) is 40.3 Å². The molecule has 0 unspecified atom stereocenters. The lowest BCUT2D eigenvalue weighted by Crippen LogP contribution is -2.52. The highest BCUT2D eigenvalue weighted by Crippen LogP contribution is 2.52. The Morgan fingerprint density at radius 3 is 2.47 bits per heavy atom. The van der Waals surface area contributed by atoms with E-state index in [9.17, 15) is 23.2 Å². The number of carbonyl (C=O) groups is 3. The van der Waals surface area contributed by atoms with Crippen LogP contribution in [0, 0.1) is 6.92 Å². The van der Waals surface area contributed by atoms with Gasteiger partial charge in [-0.15, -0.1) is 13.9 Å². The number of nitrogens with two attached hydrogens (primary N) is 1. The third kappa shape index (κ3) is 10.8. The second-order valence-corrected chi connectivity index (χ2v) is 18.5. The average Bonchev–Trinajstić information content (AvgIpc) is 3.70. The lowest BCUT2D eigenvalue weighted by atomic mass is 9.94. The van der Waals surface area contributed by atoms with Crippen LogP contribution in [0.25, 0.3) is 22.4 Å². The summed E-state index contributed by atoms with van der Waals surface area (Å²) in [6.07, 6.45) is 0.530. The minimum atomic E-state index is -3.75. The number of ether oxygens (including phenoxy) is 5. The Kier molecular flexibility index (Phi) is 13.7. The summed E-state index contributed by atoms with van der Waals surface area (Å²) in [4.78, 5) is 53.3. The van der Waals surface area contributed by atoms with Gasteiger partial charge in [0, 0.05) is 72.6 Å². The second-order valence-electron chi connectivity index (χ2n) is 18.1. The van der Waals surface area contributed by atoms with Crippen molar-refractivity contribution in [3.05, 3.63) is 124 Å². The summed E-state index contributed by atoms with van der Waals surface area (Å²) in [6, 6.07) is 22.2. The van der Waals surface area contributed by atoms with Gasteiger partial charge >= 0.3 is 6.29 Å². The summed E-state index contributed by atoms with van der Waals surface area (Å²) in [7, 11) is 0. The molecule has 0 bridgehead atoms. The number of pyridine rings is 2. The van der Waals surface area contributed by atoms with E-state index in [0.29, 0.717) is 116 Å². The molecule has 1 saturated heterocycles. The van der Waals surface area contributed by atoms with Crippen molar-refractivity contribution in [2.75, 3.05) is 70.2 Å². The molecule has 4 N–H and O–H groups in total. The van der Waals surface area contributed by atoms with Crippen LogP contribution in [0.5, 0.6) is 17.2 Å². The quantitative estimate of drug-likeness (QED) is 0.0838. The van der Waals surface area contributed by atoms with Gasteiger partial charge in [0.15, 0.2) is 17.6 Å². The third-order valence-electron chi connectivity index (χ3n) is 13.1. The topological polar surface area (TPSA) is 210 Å². The number of halogens is 3. The first-order valence-electron chi connectivity index (χ1n) is 23.6. The van der Waals surface area contributed by atoms with Crippen molar-refractivity contribution < 1.29 is 46.8 Å². The van der Waals surface area contributed by atoms with Crippen molar-refractivity contribution in [3.63, 3.8) is 0 Å². The molecule has 6 heterocycles. The standard InChI is InChI=1S/C51H51ClF2N10O8/c1-31-5-8-44(59-49(67)50(10-11-50)36-6-7-40-41(27-36)72-51(53,54)71-40)58-45(31)33-3-2-4-34(23-33)47(65)57-29-38-30-64(61-60-38)18-20-69-22-21-68-19-17-62-13-15-63(16-14-62)48(66)42-25-35-24-37(52)28-39(46(35)70-42)32-9-12-56-43(55)26-32/h2-9,12,23-24,26-28,30,42H,10-11,13-22,25,29H2,1H3,(H2,55,56)(H,57,65)(H,58,59,67)/t42-/m1/s1. The third-order valence-corrected chi connectivity index (χ3v) is 13.3. The Morgan fingerprint density at radius 2 is 1.68 bits per heavy atom. The number of aromatic nitrogens is 5. The minimum Gasteiger partial charge on any atom is -0.479 e. The number of anilines is 2. The fourth-order valence-corrected chi connectivity index (χ4v) is 9.36. The van der Waals surface area contributed by atoms with Crippen LogP contribution in [-0.2, 0) is 44.0 Å². The largest absolute Gasteiger partial charge is 0.586 e. The molecule has 374 valence electrons. The van der Waals surface area contributed by atoms with Crippen molar-refractivity contribution in [1.82, 2.24) is 40.1 Å². The van der Waals surface area contributed by atoms with Crippen molar-refractivity contribution >= 4 is 41.0 Å². The first kappa shape index (κ1) is 48.4. The number of nitrogens with one attached hydrogen (secondary N) is 2. The number of carbonyl (C=O) groups excluding carboxylic acids is 3. The number of benzene rings is 3. The van der Waals surface area contributed by atoms with Crippen LogP contribution in [0.4, 0.5) is 20.4 Å². The van der Waals surface area contributed by atoms with Crippen molar-refractivity contribution in [2.24, 2.45) is 0 Å². The van der Waals surface area contributed by atoms with Crippen LogP contribution in [0.15, 0.2) is 91.3 Å². The number of piperazine rings is 1. The number of amides is 3. The van der Waals surface area contributed by atoms with E-state index < -0.39 is 17.8 Å². The molecule has 3 aromatic carbocycles. The molecule has 2 fully saturated rings. The Bertz CT molecular complexity index is 3020. The Labute approximate surface area is 417 Å². The predicted molar refractivity (Wildman–Crippen MR) is 260 cm³/mol. The molecule has 0 spiro atoms. The molecule has 4 aliphatic rings. The van der Waals surface area contributed by atoms with Crippen molar-refractivity contribution in [3.8, 4) is 39.6 Å². The van der Waals surface area contributed by atoms with Crippen LogP contribution >= 0.6 is 11.6 Å². The van der Waals surface area contributed by atoms with E-state index in [1.807, 2.05) is 42.2 Å². The van der Waals surface area contributed by atoms with Gasteiger partial charge in [-0.2, -0.15) is 0 Å². The smallest absolute Gasteiger partial charge is 0.479 e. The molecular formula is C51H51ClF2N10O8. The number of fused-ring (bicyclic) bond motifs is 2. The number of hydrogen-bond acceptors (Lipinski definition) is 14. The summed E-state index contributed by atoms with van der Waals surface area (Å²) >= 11 is 6.45. The molecule has 10 rings (SSSR count). The maximum atomic E-state index is 13.6. The van der Waals surface area contributed by atoms with Gasteiger partial charge in [0.05, 0.1) is 56.8 Å². The molecular weight excluding hydrogens is 954 g/mol. The van der Waals surface area contributed by atoms with Crippen LogP contribution in [0.1, 0.15) is 45.6 Å². The second kappa shape index (κ2) is 20.5. The van der Waals surface area contributed by atoms with E-state index in [4.69, 9.17) is 36.5 Å². The molecule has 1 aliphatic carbocycles. The number of alkyl halides is 2. The molecule has 3 aliphatic heterocycles. The van der Waals surface area contributed by atoms with E-state index in [1.165, 1.54) is 12.1 Å². The average molecular weight is 1010 g/mol. The van der Waals surface area contributed by atoms with Crippen LogP contribution in [0.2, 0.25) is 5.02 Å². The van der Waals surface area contributed by atoms with E-state index in [1.54, 1.807) is 53.5 Å². The van der Waals surface area contributed by atoms with Gasteiger partial charge < -0.3 is 45.0 Å². The van der Waals surface area contributed by atoms with Crippen molar-refractivity contribution in [1.29, 1.82) is 0 Å². The highest BCUT2D eigenvalue weighted by atomic mass is 35.5. The normalized spacial score (nSPS) is 17.3. The highest BCUT2D eigenvalue weighted by molar-refractivity contribution is 6.31. The fourth-order valence-electron chi connectivity index (χ4n) is 9.12. The highest BCUT2D eigenvalue weighted by Gasteiger charge is 2.53. The molecule has 72 heavy (non-hydrogen) atoms. The number of nitrogens with zero attached hydrogens (tertiary/aromatic N) is 7. The minimum absolute atomic E-state index is 0.0324. The molecule has 21 heteroatoms. The summed E-state index contributed by atoms with van der Waals surface area (Å²) in [5.41, 5.74) is 11.1. The Morgan fingerprint density at radius 1 is 0.889 bits per heavy atom. The lowest BCUT2D eigenvalue weighted by molar-refractivity contribution is -0.286. The molecule has 1 atom stereocenters. The lowest BCUT2D eigenvalue weighted by Gasteiger charge is -2.35. The zero-order chi connectivity index (χ0) is 50.0. The maximum Gasteiger partial charge on any atom is 0.586 e. The maximum absolute atomic E-state index is 13.6. The molecule has 1 saturated carbocycles. The molecule has 0 radical (unpaired) electrons. The Balaban J connectivity index is 0.610. The molecule has 6 aromatic rings. The SMILES string of the molecule is Cc1ccc(NC(=O)C2(c3ccc4c(c3)OC(F)(F)O4)CC2)nc1-c1cccc(C(=O)NCc2cn(CCOCCOCCN3CCN(C(=O)[C@H]4Cc5cc(Cl)cc(-c6ccnc(N)c6)c5O4)CC3)nn2)c1. The summed E-state index contributed by atoms with van der Waals surface area (Å²) in [5, 5.41) is 14.7. The summed E-state index contributed by atoms with van der Waals surface area (Å²) in [6.45, 7) is 7.69. The van der Waals surface area contributed by atoms with Crippen molar-refractivity contribution in [2.45, 2.75) is 57.1 Å². The van der Waals surface area contributed by atoms with Gasteiger partial charge in [0.25, 0.3) is 11.8 Å². The number of hydrogen-bond donors (Lipinski definition) is 3. The molecule has 18 nitrogen and oxygen atoms in total. The number of aryl methyl sites for hydroxylation is 1. The van der Waals surface area contributed by atoms with Gasteiger partial charge in [-0.25, -0.2) is 14.6 Å². The van der Waals surface area contributed by atoms with Gasteiger partial charge in [-0.3, -0.25) is 19.3 Å². The molecule has 3 aromatic heterocycles. The number of rotatable bonds is 18. The summed E-state index contributed by atoms with van der Waals surface area (Å²) in [5.74, 6) is 0.489. The van der Waals surface area contributed by atoms with Gasteiger partial charge in [-0.05, 0) is 91.1 Å². The van der Waals surface area contributed by atoms with E-state index >= 15 is 0 Å². The zero-order valence-corrected chi connectivity index (χ0v) is 40.0. The van der Waals surface area contributed by atoms with Crippen LogP contribution in [-0.4, -0.2) is 124 Å². The summed E-state index contributed by atoms with van der Waals surface area (Å²) < 4.78 is 55.9. The van der Waals surface area contributed by atoms with E-state index in [-0.39, 0.29) is 35.8 Å². The van der Waals surface area contributed by atoms with Gasteiger partial charge in [0.2, 0.25) is 5.91 Å².